The number of halogens is 1. The molecular weight excluding hydrogens is 436 g/mol. The lowest BCUT2D eigenvalue weighted by Crippen LogP contribution is -2.04. The van der Waals surface area contributed by atoms with Crippen LogP contribution in [0.3, 0.4) is 0 Å². The molecular formula is C27H25ClN2O3. The van der Waals surface area contributed by atoms with Crippen LogP contribution in [0.1, 0.15) is 34.7 Å². The Balaban J connectivity index is 1.79. The van der Waals surface area contributed by atoms with Crippen molar-refractivity contribution < 1.29 is 14.3 Å². The summed E-state index contributed by atoms with van der Waals surface area (Å²) in [5.74, 6) is 1.26. The monoisotopic (exact) mass is 460 g/mol. The van der Waals surface area contributed by atoms with E-state index in [-0.39, 0.29) is 6.61 Å². The van der Waals surface area contributed by atoms with Crippen molar-refractivity contribution in [2.75, 3.05) is 6.61 Å². The molecule has 0 fully saturated rings. The van der Waals surface area contributed by atoms with Gasteiger partial charge in [-0.25, -0.2) is 0 Å². The molecule has 0 aromatic heterocycles. The molecule has 0 aliphatic rings. The Morgan fingerprint density at radius 1 is 1.00 bits per heavy atom. The molecule has 0 saturated heterocycles. The Morgan fingerprint density at radius 3 is 2.48 bits per heavy atom. The molecule has 0 atom stereocenters. The standard InChI is InChI=1S/C27H25ClN2O3/c1-3-9-21-14-20(17-30-33-19-23-11-6-5-10-22(23)16-29)15-26(31-4-2)27(21)32-18-24-12-7-8-13-25(24)28/h3,5-8,10-15,17H,1,4,9,18-19H2,2H3/b30-17-. The first-order valence-electron chi connectivity index (χ1n) is 10.6. The normalized spacial score (nSPS) is 10.6. The van der Waals surface area contributed by atoms with Crippen molar-refractivity contribution in [1.82, 2.24) is 0 Å². The molecule has 6 heteroatoms. The fraction of sp³-hybridized carbons (Fsp3) is 0.185. The van der Waals surface area contributed by atoms with Crippen molar-refractivity contribution in [1.29, 1.82) is 5.26 Å². The summed E-state index contributed by atoms with van der Waals surface area (Å²) in [6, 6.07) is 20.8. The molecule has 33 heavy (non-hydrogen) atoms. The van der Waals surface area contributed by atoms with Crippen molar-refractivity contribution in [2.45, 2.75) is 26.6 Å². The molecule has 0 aliphatic carbocycles. The summed E-state index contributed by atoms with van der Waals surface area (Å²) in [6.45, 7) is 6.78. The van der Waals surface area contributed by atoms with E-state index in [0.717, 1.165) is 22.3 Å². The number of rotatable bonds is 11. The number of oxime groups is 1. The van der Waals surface area contributed by atoms with E-state index < -0.39 is 0 Å². The second-order valence-corrected chi connectivity index (χ2v) is 7.50. The molecule has 0 amide bonds. The van der Waals surface area contributed by atoms with Crippen molar-refractivity contribution >= 4 is 17.8 Å². The van der Waals surface area contributed by atoms with Crippen LogP contribution in [0, 0.1) is 11.3 Å². The Labute approximate surface area is 199 Å². The van der Waals surface area contributed by atoms with Crippen LogP contribution in [0.15, 0.2) is 78.5 Å². The van der Waals surface area contributed by atoms with Gasteiger partial charge in [-0.2, -0.15) is 5.26 Å². The van der Waals surface area contributed by atoms with Gasteiger partial charge in [-0.1, -0.05) is 59.2 Å². The predicted molar refractivity (Wildman–Crippen MR) is 131 cm³/mol. The average Bonchev–Trinajstić information content (AvgIpc) is 2.83. The molecule has 0 spiro atoms. The van der Waals surface area contributed by atoms with E-state index in [4.69, 9.17) is 25.9 Å². The zero-order chi connectivity index (χ0) is 23.5. The number of nitrogens with zero attached hydrogens (tertiary/aromatic N) is 2. The summed E-state index contributed by atoms with van der Waals surface area (Å²) in [7, 11) is 0. The molecule has 5 nitrogen and oxygen atoms in total. The highest BCUT2D eigenvalue weighted by molar-refractivity contribution is 6.31. The van der Waals surface area contributed by atoms with E-state index in [2.05, 4.69) is 17.8 Å². The molecule has 168 valence electrons. The molecule has 0 heterocycles. The van der Waals surface area contributed by atoms with Gasteiger partial charge in [0.05, 0.1) is 24.5 Å². The topological polar surface area (TPSA) is 63.8 Å². The van der Waals surface area contributed by atoms with Gasteiger partial charge in [0.1, 0.15) is 13.2 Å². The van der Waals surface area contributed by atoms with Crippen LogP contribution in [0.25, 0.3) is 0 Å². The van der Waals surface area contributed by atoms with Gasteiger partial charge < -0.3 is 14.3 Å². The van der Waals surface area contributed by atoms with Crippen LogP contribution in [0.5, 0.6) is 11.5 Å². The van der Waals surface area contributed by atoms with Crippen LogP contribution in [0.4, 0.5) is 0 Å². The summed E-state index contributed by atoms with van der Waals surface area (Å²) in [6.07, 6.45) is 4.02. The number of benzene rings is 3. The van der Waals surface area contributed by atoms with Crippen molar-refractivity contribution in [3.63, 3.8) is 0 Å². The smallest absolute Gasteiger partial charge is 0.165 e. The van der Waals surface area contributed by atoms with E-state index >= 15 is 0 Å². The van der Waals surface area contributed by atoms with Crippen LogP contribution in [-0.2, 0) is 24.5 Å². The van der Waals surface area contributed by atoms with Crippen LogP contribution in [-0.4, -0.2) is 12.8 Å². The minimum Gasteiger partial charge on any atom is -0.490 e. The lowest BCUT2D eigenvalue weighted by molar-refractivity contribution is 0.132. The van der Waals surface area contributed by atoms with Gasteiger partial charge in [0.15, 0.2) is 11.5 Å². The maximum Gasteiger partial charge on any atom is 0.165 e. The first-order valence-corrected chi connectivity index (χ1v) is 10.9. The molecule has 3 aromatic rings. The lowest BCUT2D eigenvalue weighted by atomic mass is 10.1. The molecule has 3 rings (SSSR count). The van der Waals surface area contributed by atoms with Gasteiger partial charge in [-0.05, 0) is 37.6 Å². The SMILES string of the molecule is C=CCc1cc(/C=N\OCc2ccccc2C#N)cc(OCC)c1OCc1ccccc1Cl. The van der Waals surface area contributed by atoms with Crippen molar-refractivity contribution in [3.05, 3.63) is 106 Å². The van der Waals surface area contributed by atoms with E-state index in [1.54, 1.807) is 12.3 Å². The molecule has 0 saturated carbocycles. The fourth-order valence-corrected chi connectivity index (χ4v) is 3.41. The maximum atomic E-state index is 9.19. The second kappa shape index (κ2) is 12.3. The van der Waals surface area contributed by atoms with Gasteiger partial charge in [0.25, 0.3) is 0 Å². The lowest BCUT2D eigenvalue weighted by Gasteiger charge is -2.17. The third kappa shape index (κ3) is 6.61. The van der Waals surface area contributed by atoms with E-state index in [1.165, 1.54) is 0 Å². The number of ether oxygens (including phenoxy) is 2. The number of hydrogen-bond acceptors (Lipinski definition) is 5. The zero-order valence-corrected chi connectivity index (χ0v) is 19.2. The predicted octanol–water partition coefficient (Wildman–Crippen LogP) is 6.47. The summed E-state index contributed by atoms with van der Waals surface area (Å²) in [4.78, 5) is 5.43. The van der Waals surface area contributed by atoms with E-state index in [0.29, 0.717) is 41.7 Å². The van der Waals surface area contributed by atoms with Gasteiger partial charge in [0.2, 0.25) is 0 Å². The maximum absolute atomic E-state index is 9.19. The van der Waals surface area contributed by atoms with Crippen LogP contribution in [0.2, 0.25) is 5.02 Å². The van der Waals surface area contributed by atoms with E-state index in [9.17, 15) is 5.26 Å². The van der Waals surface area contributed by atoms with Crippen molar-refractivity contribution in [3.8, 4) is 17.6 Å². The highest BCUT2D eigenvalue weighted by Gasteiger charge is 2.14. The fourth-order valence-electron chi connectivity index (χ4n) is 3.22. The molecule has 3 aromatic carbocycles. The molecule has 0 aliphatic heterocycles. The minimum absolute atomic E-state index is 0.205. The molecule has 0 unspecified atom stereocenters. The van der Waals surface area contributed by atoms with Gasteiger partial charge in [0, 0.05) is 27.3 Å². The second-order valence-electron chi connectivity index (χ2n) is 7.09. The van der Waals surface area contributed by atoms with Gasteiger partial charge >= 0.3 is 0 Å². The number of hydrogen-bond donors (Lipinski definition) is 0. The average molecular weight is 461 g/mol. The first kappa shape index (κ1) is 23.9. The number of nitriles is 1. The van der Waals surface area contributed by atoms with Crippen molar-refractivity contribution in [2.24, 2.45) is 5.16 Å². The Hall–Kier alpha value is -3.75. The van der Waals surface area contributed by atoms with Crippen LogP contribution < -0.4 is 9.47 Å². The summed E-state index contributed by atoms with van der Waals surface area (Å²) >= 11 is 6.28. The van der Waals surface area contributed by atoms with Gasteiger partial charge in [-0.3, -0.25) is 0 Å². The zero-order valence-electron chi connectivity index (χ0n) is 18.5. The largest absolute Gasteiger partial charge is 0.490 e. The third-order valence-electron chi connectivity index (χ3n) is 4.78. The van der Waals surface area contributed by atoms with Gasteiger partial charge in [-0.15, -0.1) is 6.58 Å². The first-order chi connectivity index (χ1) is 16.2. The molecule has 0 bridgehead atoms. The molecule has 0 radical (unpaired) electrons. The number of allylic oxidation sites excluding steroid dienone is 1. The Bertz CT molecular complexity index is 1170. The quantitative estimate of drug-likeness (QED) is 0.187. The highest BCUT2D eigenvalue weighted by atomic mass is 35.5. The Morgan fingerprint density at radius 2 is 1.76 bits per heavy atom. The summed E-state index contributed by atoms with van der Waals surface area (Å²) < 4.78 is 12.0. The Kier molecular flexibility index (Phi) is 8.93. The highest BCUT2D eigenvalue weighted by Crippen LogP contribution is 2.34. The van der Waals surface area contributed by atoms with E-state index in [1.807, 2.05) is 67.6 Å². The van der Waals surface area contributed by atoms with Crippen LogP contribution >= 0.6 is 11.6 Å². The third-order valence-corrected chi connectivity index (χ3v) is 5.15. The minimum atomic E-state index is 0.205. The summed E-state index contributed by atoms with van der Waals surface area (Å²) in [5, 5.41) is 13.9. The summed E-state index contributed by atoms with van der Waals surface area (Å²) in [5.41, 5.74) is 3.96. The molecule has 0 N–H and O–H groups in total.